The molecule has 0 saturated carbocycles. The maximum absolute atomic E-state index is 11.5. The third-order valence-electron chi connectivity index (χ3n) is 2.17. The van der Waals surface area contributed by atoms with Gasteiger partial charge in [-0.05, 0) is 18.2 Å². The Morgan fingerprint density at radius 3 is 2.81 bits per heavy atom. The SMILES string of the molecule is C=CC(=O)N1CCOc2ccccc21.CC. The fourth-order valence-corrected chi connectivity index (χ4v) is 1.51. The molecule has 0 fully saturated rings. The van der Waals surface area contributed by atoms with E-state index >= 15 is 0 Å². The number of para-hydroxylation sites is 2. The smallest absolute Gasteiger partial charge is 0.250 e. The predicted molar refractivity (Wildman–Crippen MR) is 65.8 cm³/mol. The van der Waals surface area contributed by atoms with Crippen LogP contribution in [0.1, 0.15) is 13.8 Å². The minimum atomic E-state index is -0.0826. The predicted octanol–water partition coefficient (Wildman–Crippen LogP) is 2.62. The van der Waals surface area contributed by atoms with E-state index < -0.39 is 0 Å². The first-order valence-corrected chi connectivity index (χ1v) is 5.48. The Bertz CT molecular complexity index is 374. The highest BCUT2D eigenvalue weighted by molar-refractivity contribution is 6.02. The van der Waals surface area contributed by atoms with Gasteiger partial charge in [-0.1, -0.05) is 32.6 Å². The van der Waals surface area contributed by atoms with Crippen LogP contribution < -0.4 is 9.64 Å². The van der Waals surface area contributed by atoms with Gasteiger partial charge >= 0.3 is 0 Å². The first-order valence-electron chi connectivity index (χ1n) is 5.48. The van der Waals surface area contributed by atoms with Gasteiger partial charge in [0.15, 0.2) is 0 Å². The molecule has 3 nitrogen and oxygen atoms in total. The second kappa shape index (κ2) is 5.95. The van der Waals surface area contributed by atoms with Crippen LogP contribution in [0.2, 0.25) is 0 Å². The number of carbonyl (C=O) groups excluding carboxylic acids is 1. The summed E-state index contributed by atoms with van der Waals surface area (Å²) in [7, 11) is 0. The van der Waals surface area contributed by atoms with Gasteiger partial charge in [-0.25, -0.2) is 0 Å². The zero-order chi connectivity index (χ0) is 12.0. The van der Waals surface area contributed by atoms with E-state index in [2.05, 4.69) is 6.58 Å². The van der Waals surface area contributed by atoms with E-state index in [0.29, 0.717) is 13.2 Å². The Hall–Kier alpha value is -1.77. The molecule has 1 aliphatic rings. The molecule has 1 aromatic carbocycles. The van der Waals surface area contributed by atoms with Gasteiger partial charge < -0.3 is 9.64 Å². The normalized spacial score (nSPS) is 12.8. The van der Waals surface area contributed by atoms with Gasteiger partial charge in [-0.2, -0.15) is 0 Å². The van der Waals surface area contributed by atoms with E-state index in [9.17, 15) is 4.79 Å². The summed E-state index contributed by atoms with van der Waals surface area (Å²) in [6.07, 6.45) is 1.32. The molecule has 0 bridgehead atoms. The van der Waals surface area contributed by atoms with Gasteiger partial charge in [0.25, 0.3) is 5.91 Å². The molecule has 0 atom stereocenters. The molecule has 0 aromatic heterocycles. The Balaban J connectivity index is 0.000000606. The number of amides is 1. The van der Waals surface area contributed by atoms with Gasteiger partial charge in [0.05, 0.1) is 12.2 Å². The van der Waals surface area contributed by atoms with Crippen LogP contribution in [0.5, 0.6) is 5.75 Å². The van der Waals surface area contributed by atoms with Crippen LogP contribution in [0.4, 0.5) is 5.69 Å². The lowest BCUT2D eigenvalue weighted by atomic mass is 10.2. The van der Waals surface area contributed by atoms with Crippen LogP contribution in [0.15, 0.2) is 36.9 Å². The van der Waals surface area contributed by atoms with Crippen molar-refractivity contribution < 1.29 is 9.53 Å². The molecule has 0 aliphatic carbocycles. The van der Waals surface area contributed by atoms with E-state index in [1.54, 1.807) is 4.90 Å². The standard InChI is InChI=1S/C11H11NO2.C2H6/c1-2-11(13)12-7-8-14-10-6-4-3-5-9(10)12;1-2/h2-6H,1,7-8H2;1-2H3. The summed E-state index contributed by atoms with van der Waals surface area (Å²) >= 11 is 0. The summed E-state index contributed by atoms with van der Waals surface area (Å²) < 4.78 is 5.42. The molecular weight excluding hydrogens is 202 g/mol. The molecule has 0 unspecified atom stereocenters. The molecule has 1 amide bonds. The average molecular weight is 219 g/mol. The number of rotatable bonds is 1. The van der Waals surface area contributed by atoms with Crippen LogP contribution in [0, 0.1) is 0 Å². The number of fused-ring (bicyclic) bond motifs is 1. The Labute approximate surface area is 96.3 Å². The Morgan fingerprint density at radius 1 is 1.44 bits per heavy atom. The van der Waals surface area contributed by atoms with Crippen molar-refractivity contribution in [3.05, 3.63) is 36.9 Å². The highest BCUT2D eigenvalue weighted by atomic mass is 16.5. The van der Waals surface area contributed by atoms with Crippen molar-refractivity contribution >= 4 is 11.6 Å². The summed E-state index contributed by atoms with van der Waals surface area (Å²) in [5.74, 6) is 0.676. The van der Waals surface area contributed by atoms with Crippen molar-refractivity contribution in [1.29, 1.82) is 0 Å². The first-order chi connectivity index (χ1) is 7.83. The monoisotopic (exact) mass is 219 g/mol. The third kappa shape index (κ3) is 2.42. The molecule has 0 spiro atoms. The van der Waals surface area contributed by atoms with Crippen LogP contribution in [0.3, 0.4) is 0 Å². The topological polar surface area (TPSA) is 29.5 Å². The zero-order valence-corrected chi connectivity index (χ0v) is 9.77. The van der Waals surface area contributed by atoms with Crippen LogP contribution in [-0.4, -0.2) is 19.1 Å². The van der Waals surface area contributed by atoms with E-state index in [-0.39, 0.29) is 5.91 Å². The van der Waals surface area contributed by atoms with Crippen molar-refractivity contribution in [3.63, 3.8) is 0 Å². The van der Waals surface area contributed by atoms with Gasteiger partial charge in [-0.3, -0.25) is 4.79 Å². The van der Waals surface area contributed by atoms with Crippen LogP contribution in [0.25, 0.3) is 0 Å². The number of ether oxygens (including phenoxy) is 1. The summed E-state index contributed by atoms with van der Waals surface area (Å²) in [5.41, 5.74) is 0.823. The van der Waals surface area contributed by atoms with Gasteiger partial charge in [0.2, 0.25) is 0 Å². The fraction of sp³-hybridized carbons (Fsp3) is 0.308. The third-order valence-corrected chi connectivity index (χ3v) is 2.17. The maximum Gasteiger partial charge on any atom is 0.250 e. The summed E-state index contributed by atoms with van der Waals surface area (Å²) in [5, 5.41) is 0. The second-order valence-corrected chi connectivity index (χ2v) is 3.01. The maximum atomic E-state index is 11.5. The number of anilines is 1. The molecule has 1 aromatic rings. The van der Waals surface area contributed by atoms with E-state index in [4.69, 9.17) is 4.74 Å². The fourth-order valence-electron chi connectivity index (χ4n) is 1.51. The first kappa shape index (κ1) is 12.3. The quantitative estimate of drug-likeness (QED) is 0.679. The minimum Gasteiger partial charge on any atom is -0.490 e. The Morgan fingerprint density at radius 2 is 2.12 bits per heavy atom. The molecule has 3 heteroatoms. The second-order valence-electron chi connectivity index (χ2n) is 3.01. The van der Waals surface area contributed by atoms with Crippen molar-refractivity contribution in [1.82, 2.24) is 0 Å². The van der Waals surface area contributed by atoms with Crippen LogP contribution in [-0.2, 0) is 4.79 Å². The number of carbonyl (C=O) groups is 1. The van der Waals surface area contributed by atoms with E-state index in [0.717, 1.165) is 11.4 Å². The molecular formula is C13H17NO2. The highest BCUT2D eigenvalue weighted by Gasteiger charge is 2.20. The average Bonchev–Trinajstić information content (AvgIpc) is 2.39. The molecule has 86 valence electrons. The van der Waals surface area contributed by atoms with Crippen LogP contribution >= 0.6 is 0 Å². The van der Waals surface area contributed by atoms with Crippen molar-refractivity contribution in [2.45, 2.75) is 13.8 Å². The van der Waals surface area contributed by atoms with E-state index in [1.807, 2.05) is 38.1 Å². The summed E-state index contributed by atoms with van der Waals surface area (Å²) in [6.45, 7) is 8.60. The molecule has 0 radical (unpaired) electrons. The number of hydrogen-bond acceptors (Lipinski definition) is 2. The largest absolute Gasteiger partial charge is 0.490 e. The van der Waals surface area contributed by atoms with Crippen molar-refractivity contribution in [2.24, 2.45) is 0 Å². The lowest BCUT2D eigenvalue weighted by Gasteiger charge is -2.28. The number of benzene rings is 1. The Kier molecular flexibility index (Phi) is 4.58. The molecule has 1 heterocycles. The zero-order valence-electron chi connectivity index (χ0n) is 9.77. The molecule has 1 aliphatic heterocycles. The van der Waals surface area contributed by atoms with Gasteiger partial charge in [0.1, 0.15) is 12.4 Å². The molecule has 0 N–H and O–H groups in total. The van der Waals surface area contributed by atoms with Gasteiger partial charge in [0, 0.05) is 0 Å². The summed E-state index contributed by atoms with van der Waals surface area (Å²) in [4.78, 5) is 13.2. The number of hydrogen-bond donors (Lipinski definition) is 0. The van der Waals surface area contributed by atoms with Crippen molar-refractivity contribution in [2.75, 3.05) is 18.1 Å². The highest BCUT2D eigenvalue weighted by Crippen LogP contribution is 2.30. The van der Waals surface area contributed by atoms with Gasteiger partial charge in [-0.15, -0.1) is 0 Å². The molecule has 16 heavy (non-hydrogen) atoms. The lowest BCUT2D eigenvalue weighted by molar-refractivity contribution is -0.114. The summed E-state index contributed by atoms with van der Waals surface area (Å²) in [6, 6.07) is 7.51. The molecule has 2 rings (SSSR count). The lowest BCUT2D eigenvalue weighted by Crippen LogP contribution is -2.36. The van der Waals surface area contributed by atoms with Crippen molar-refractivity contribution in [3.8, 4) is 5.75 Å². The van der Waals surface area contributed by atoms with E-state index in [1.165, 1.54) is 6.08 Å². The number of nitrogens with zero attached hydrogens (tertiary/aromatic N) is 1. The molecule has 0 saturated heterocycles. The minimum absolute atomic E-state index is 0.0826.